The van der Waals surface area contributed by atoms with Gasteiger partial charge in [0.1, 0.15) is 0 Å². The molecule has 0 radical (unpaired) electrons. The van der Waals surface area contributed by atoms with E-state index in [1.807, 2.05) is 0 Å². The van der Waals surface area contributed by atoms with E-state index in [0.29, 0.717) is 18.5 Å². The normalized spacial score (nSPS) is 22.6. The number of likely N-dealkylation sites (tertiary alicyclic amines) is 1. The maximum atomic E-state index is 12.6. The lowest BCUT2D eigenvalue weighted by molar-refractivity contribution is -0.137. The molecule has 1 rings (SSSR count). The monoisotopic (exact) mass is 254 g/mol. The van der Waals surface area contributed by atoms with E-state index in [1.165, 1.54) is 0 Å². The largest absolute Gasteiger partial charge is 0.339 e. The summed E-state index contributed by atoms with van der Waals surface area (Å²) in [6, 6.07) is 0.423. The minimum absolute atomic E-state index is 0.00986. The summed E-state index contributed by atoms with van der Waals surface area (Å²) in [4.78, 5) is 14.7. The van der Waals surface area contributed by atoms with Crippen LogP contribution in [0.15, 0.2) is 0 Å². The fraction of sp³-hybridized carbons (Fsp3) is 0.933. The van der Waals surface area contributed by atoms with Gasteiger partial charge in [-0.3, -0.25) is 4.79 Å². The van der Waals surface area contributed by atoms with E-state index >= 15 is 0 Å². The first kappa shape index (κ1) is 15.5. The molecule has 1 fully saturated rings. The molecule has 1 heterocycles. The number of hydrogen-bond acceptors (Lipinski definition) is 2. The summed E-state index contributed by atoms with van der Waals surface area (Å²) in [6.07, 6.45) is 3.17. The molecule has 1 saturated heterocycles. The molecule has 0 saturated carbocycles. The number of rotatable bonds is 4. The second kappa shape index (κ2) is 6.05. The van der Waals surface area contributed by atoms with Crippen LogP contribution in [0.1, 0.15) is 53.9 Å². The average Bonchev–Trinajstić information content (AvgIpc) is 2.72. The molecule has 106 valence electrons. The predicted octanol–water partition coefficient (Wildman–Crippen LogP) is 2.64. The molecule has 0 aromatic heterocycles. The molecule has 1 aliphatic heterocycles. The van der Waals surface area contributed by atoms with Crippen LogP contribution in [-0.4, -0.2) is 29.9 Å². The molecule has 3 nitrogen and oxygen atoms in total. The number of carbonyl (C=O) groups excluding carboxylic acids is 1. The number of amides is 1. The van der Waals surface area contributed by atoms with E-state index in [0.717, 1.165) is 25.8 Å². The van der Waals surface area contributed by atoms with Gasteiger partial charge in [0.05, 0.1) is 5.92 Å². The van der Waals surface area contributed by atoms with Gasteiger partial charge in [-0.1, -0.05) is 34.6 Å². The first-order valence-corrected chi connectivity index (χ1v) is 7.27. The fourth-order valence-electron chi connectivity index (χ4n) is 3.00. The molecule has 2 unspecified atom stereocenters. The van der Waals surface area contributed by atoms with Crippen molar-refractivity contribution in [1.29, 1.82) is 0 Å². The van der Waals surface area contributed by atoms with Gasteiger partial charge in [-0.2, -0.15) is 0 Å². The molecule has 0 aromatic rings. The Morgan fingerprint density at radius 1 is 1.39 bits per heavy atom. The maximum absolute atomic E-state index is 12.6. The molecule has 18 heavy (non-hydrogen) atoms. The van der Waals surface area contributed by atoms with Crippen LogP contribution in [0.25, 0.3) is 0 Å². The Balaban J connectivity index is 2.71. The van der Waals surface area contributed by atoms with Crippen LogP contribution < -0.4 is 5.73 Å². The number of hydrogen-bond donors (Lipinski definition) is 1. The summed E-state index contributed by atoms with van der Waals surface area (Å²) in [5.74, 6) is 0.817. The van der Waals surface area contributed by atoms with Crippen molar-refractivity contribution in [2.24, 2.45) is 23.0 Å². The van der Waals surface area contributed by atoms with Crippen molar-refractivity contribution in [2.45, 2.75) is 59.9 Å². The molecular weight excluding hydrogens is 224 g/mol. The van der Waals surface area contributed by atoms with Crippen molar-refractivity contribution in [1.82, 2.24) is 4.90 Å². The Labute approximate surface area is 112 Å². The average molecular weight is 254 g/mol. The van der Waals surface area contributed by atoms with Crippen molar-refractivity contribution in [3.05, 3.63) is 0 Å². The van der Waals surface area contributed by atoms with Gasteiger partial charge in [0, 0.05) is 19.1 Å². The van der Waals surface area contributed by atoms with Crippen LogP contribution in [0.2, 0.25) is 0 Å². The lowest BCUT2D eigenvalue weighted by atomic mass is 9.84. The lowest BCUT2D eigenvalue weighted by Crippen LogP contribution is -2.44. The third-order valence-electron chi connectivity index (χ3n) is 3.84. The SMILES string of the molecule is CC(C)C1CCCN1C(=O)C(CN)CC(C)(C)C. The molecule has 2 atom stereocenters. The third-order valence-corrected chi connectivity index (χ3v) is 3.84. The quantitative estimate of drug-likeness (QED) is 0.838. The smallest absolute Gasteiger partial charge is 0.227 e. The van der Waals surface area contributed by atoms with Crippen LogP contribution in [-0.2, 0) is 4.79 Å². The van der Waals surface area contributed by atoms with Crippen LogP contribution in [0, 0.1) is 17.3 Å². The van der Waals surface area contributed by atoms with E-state index in [2.05, 4.69) is 39.5 Å². The number of carbonyl (C=O) groups is 1. The molecule has 3 heteroatoms. The predicted molar refractivity (Wildman–Crippen MR) is 76.2 cm³/mol. The molecule has 0 aliphatic carbocycles. The highest BCUT2D eigenvalue weighted by atomic mass is 16.2. The first-order valence-electron chi connectivity index (χ1n) is 7.27. The number of nitrogens with two attached hydrogens (primary N) is 1. The van der Waals surface area contributed by atoms with Gasteiger partial charge in [0.25, 0.3) is 0 Å². The van der Waals surface area contributed by atoms with Crippen molar-refractivity contribution < 1.29 is 4.79 Å². The topological polar surface area (TPSA) is 46.3 Å². The van der Waals surface area contributed by atoms with Gasteiger partial charge in [-0.15, -0.1) is 0 Å². The van der Waals surface area contributed by atoms with Gasteiger partial charge < -0.3 is 10.6 Å². The Hall–Kier alpha value is -0.570. The molecule has 1 aliphatic rings. The van der Waals surface area contributed by atoms with Crippen LogP contribution >= 0.6 is 0 Å². The summed E-state index contributed by atoms with van der Waals surface area (Å²) in [5.41, 5.74) is 5.98. The van der Waals surface area contributed by atoms with E-state index < -0.39 is 0 Å². The fourth-order valence-corrected chi connectivity index (χ4v) is 3.00. The summed E-state index contributed by atoms with van der Waals surface area (Å²) in [6.45, 7) is 12.3. The summed E-state index contributed by atoms with van der Waals surface area (Å²) < 4.78 is 0. The third kappa shape index (κ3) is 3.98. The zero-order valence-electron chi connectivity index (χ0n) is 12.7. The number of nitrogens with zero attached hydrogens (tertiary/aromatic N) is 1. The Morgan fingerprint density at radius 2 is 2.00 bits per heavy atom. The van der Waals surface area contributed by atoms with E-state index in [9.17, 15) is 4.79 Å². The van der Waals surface area contributed by atoms with Crippen molar-refractivity contribution in [3.8, 4) is 0 Å². The molecule has 2 N–H and O–H groups in total. The lowest BCUT2D eigenvalue weighted by Gasteiger charge is -2.33. The summed E-state index contributed by atoms with van der Waals surface area (Å²) in [7, 11) is 0. The minimum Gasteiger partial charge on any atom is -0.339 e. The molecule has 0 bridgehead atoms. The van der Waals surface area contributed by atoms with E-state index in [-0.39, 0.29) is 17.2 Å². The highest BCUT2D eigenvalue weighted by Crippen LogP contribution is 2.29. The first-order chi connectivity index (χ1) is 8.26. The van der Waals surface area contributed by atoms with Crippen LogP contribution in [0.4, 0.5) is 0 Å². The molecule has 1 amide bonds. The van der Waals surface area contributed by atoms with Crippen molar-refractivity contribution >= 4 is 5.91 Å². The highest BCUT2D eigenvalue weighted by Gasteiger charge is 2.35. The Morgan fingerprint density at radius 3 is 2.44 bits per heavy atom. The zero-order valence-corrected chi connectivity index (χ0v) is 12.7. The van der Waals surface area contributed by atoms with Gasteiger partial charge in [0.2, 0.25) is 5.91 Å². The van der Waals surface area contributed by atoms with Crippen LogP contribution in [0.5, 0.6) is 0 Å². The van der Waals surface area contributed by atoms with Crippen molar-refractivity contribution in [2.75, 3.05) is 13.1 Å². The Kier molecular flexibility index (Phi) is 5.20. The molecular formula is C15H30N2O. The standard InChI is InChI=1S/C15H30N2O/c1-11(2)13-7-6-8-17(13)14(18)12(10-16)9-15(3,4)5/h11-13H,6-10,16H2,1-5H3. The molecule has 0 spiro atoms. The maximum Gasteiger partial charge on any atom is 0.227 e. The van der Waals surface area contributed by atoms with Crippen molar-refractivity contribution in [3.63, 3.8) is 0 Å². The van der Waals surface area contributed by atoms with Gasteiger partial charge in [-0.05, 0) is 30.6 Å². The summed E-state index contributed by atoms with van der Waals surface area (Å²) >= 11 is 0. The van der Waals surface area contributed by atoms with E-state index in [4.69, 9.17) is 5.73 Å². The minimum atomic E-state index is -0.00986. The van der Waals surface area contributed by atoms with E-state index in [1.54, 1.807) is 0 Å². The zero-order chi connectivity index (χ0) is 13.9. The highest BCUT2D eigenvalue weighted by molar-refractivity contribution is 5.79. The van der Waals surface area contributed by atoms with Gasteiger partial charge in [0.15, 0.2) is 0 Å². The van der Waals surface area contributed by atoms with Gasteiger partial charge >= 0.3 is 0 Å². The van der Waals surface area contributed by atoms with Gasteiger partial charge in [-0.25, -0.2) is 0 Å². The second-order valence-electron chi connectivity index (χ2n) is 7.18. The second-order valence-corrected chi connectivity index (χ2v) is 7.18. The molecule has 0 aromatic carbocycles. The van der Waals surface area contributed by atoms with Crippen LogP contribution in [0.3, 0.4) is 0 Å². The summed E-state index contributed by atoms with van der Waals surface area (Å²) in [5, 5.41) is 0. The Bertz CT molecular complexity index is 281.